The Bertz CT molecular complexity index is 1080. The molecule has 0 radical (unpaired) electrons. The highest BCUT2D eigenvalue weighted by atomic mass is 35.5. The summed E-state index contributed by atoms with van der Waals surface area (Å²) in [6, 6.07) is 13.4. The summed E-state index contributed by atoms with van der Waals surface area (Å²) in [6.07, 6.45) is 10.7. The number of hydrogen-bond acceptors (Lipinski definition) is 4. The fourth-order valence-electron chi connectivity index (χ4n) is 5.51. The first-order chi connectivity index (χ1) is 16.9. The number of halogens is 1. The Kier molecular flexibility index (Phi) is 8.60. The van der Waals surface area contributed by atoms with Crippen LogP contribution in [0.1, 0.15) is 64.2 Å². The number of rotatable bonds is 8. The fourth-order valence-corrected chi connectivity index (χ4v) is 7.11. The minimum atomic E-state index is -4.05. The van der Waals surface area contributed by atoms with Gasteiger partial charge in [0.2, 0.25) is 5.91 Å². The maximum absolute atomic E-state index is 14.0. The van der Waals surface area contributed by atoms with Crippen molar-refractivity contribution in [3.8, 4) is 5.75 Å². The molecule has 0 heterocycles. The molecule has 2 saturated carbocycles. The van der Waals surface area contributed by atoms with Gasteiger partial charge >= 0.3 is 0 Å². The highest BCUT2D eigenvalue weighted by Crippen LogP contribution is 2.36. The molecule has 0 atom stereocenters. The van der Waals surface area contributed by atoms with E-state index < -0.39 is 10.0 Å². The summed E-state index contributed by atoms with van der Waals surface area (Å²) in [7, 11) is -2.56. The van der Waals surface area contributed by atoms with Crippen LogP contribution in [0.15, 0.2) is 53.4 Å². The predicted octanol–water partition coefficient (Wildman–Crippen LogP) is 6.04. The van der Waals surface area contributed by atoms with Crippen LogP contribution in [0.4, 0.5) is 5.69 Å². The molecule has 0 N–H and O–H groups in total. The number of anilines is 1. The molecule has 0 aliphatic heterocycles. The molecule has 0 spiro atoms. The average Bonchev–Trinajstić information content (AvgIpc) is 2.89. The number of hydrogen-bond donors (Lipinski definition) is 0. The van der Waals surface area contributed by atoms with Gasteiger partial charge in [0.05, 0.1) is 17.7 Å². The maximum Gasteiger partial charge on any atom is 0.264 e. The van der Waals surface area contributed by atoms with Gasteiger partial charge in [0.25, 0.3) is 10.0 Å². The van der Waals surface area contributed by atoms with E-state index in [1.165, 1.54) is 24.3 Å². The Morgan fingerprint density at radius 1 is 0.914 bits per heavy atom. The van der Waals surface area contributed by atoms with E-state index >= 15 is 0 Å². The lowest BCUT2D eigenvalue weighted by molar-refractivity contribution is -0.136. The van der Waals surface area contributed by atoms with Crippen molar-refractivity contribution in [1.82, 2.24) is 4.90 Å². The molecule has 6 nitrogen and oxygen atoms in total. The number of methoxy groups -OCH3 is 1. The summed E-state index contributed by atoms with van der Waals surface area (Å²) in [5.74, 6) is 0.203. The summed E-state index contributed by atoms with van der Waals surface area (Å²) >= 11 is 6.28. The average molecular weight is 519 g/mol. The molecule has 0 bridgehead atoms. The molecule has 4 rings (SSSR count). The zero-order valence-corrected chi connectivity index (χ0v) is 21.9. The molecule has 8 heteroatoms. The van der Waals surface area contributed by atoms with E-state index in [1.54, 1.807) is 48.5 Å². The molecule has 2 aromatic carbocycles. The smallest absolute Gasteiger partial charge is 0.264 e. The van der Waals surface area contributed by atoms with Gasteiger partial charge < -0.3 is 9.64 Å². The van der Waals surface area contributed by atoms with Crippen LogP contribution in [0.3, 0.4) is 0 Å². The minimum Gasteiger partial charge on any atom is -0.495 e. The molecule has 1 amide bonds. The predicted molar refractivity (Wildman–Crippen MR) is 140 cm³/mol. The number of carbonyl (C=O) groups excluding carboxylic acids is 1. The Balaban J connectivity index is 1.74. The third kappa shape index (κ3) is 5.95. The molecule has 0 saturated heterocycles. The highest BCUT2D eigenvalue weighted by molar-refractivity contribution is 7.92. The third-order valence-electron chi connectivity index (χ3n) is 7.24. The van der Waals surface area contributed by atoms with Gasteiger partial charge in [-0.05, 0) is 56.0 Å². The van der Waals surface area contributed by atoms with E-state index in [-0.39, 0.29) is 35.1 Å². The molecule has 0 aromatic heterocycles. The monoisotopic (exact) mass is 518 g/mol. The second kappa shape index (κ2) is 11.7. The topological polar surface area (TPSA) is 66.9 Å². The van der Waals surface area contributed by atoms with Gasteiger partial charge in [-0.1, -0.05) is 68.3 Å². The molecule has 2 aliphatic carbocycles. The molecular formula is C27H35ClN2O4S. The fraction of sp³-hybridized carbons (Fsp3) is 0.519. The lowest BCUT2D eigenvalue weighted by Crippen LogP contribution is -2.52. The maximum atomic E-state index is 14.0. The quantitative estimate of drug-likeness (QED) is 0.427. The Labute approximate surface area is 214 Å². The number of ether oxygens (including phenoxy) is 1. The van der Waals surface area contributed by atoms with Crippen molar-refractivity contribution in [2.75, 3.05) is 18.0 Å². The van der Waals surface area contributed by atoms with E-state index in [1.807, 2.05) is 4.90 Å². The van der Waals surface area contributed by atoms with Gasteiger partial charge in [-0.2, -0.15) is 0 Å². The van der Waals surface area contributed by atoms with Gasteiger partial charge in [-0.25, -0.2) is 8.42 Å². The standard InChI is InChI=1S/C27H35ClN2O4S/c1-34-26-18-17-21(28)19-25(26)29(35(32,33)24-15-9-4-10-16-24)20-27(31)30(22-11-5-2-6-12-22)23-13-7-3-8-14-23/h4,9-10,15-19,22-23H,2-3,5-8,11-14,20H2,1H3. The van der Waals surface area contributed by atoms with Crippen molar-refractivity contribution >= 4 is 33.2 Å². The lowest BCUT2D eigenvalue weighted by Gasteiger charge is -2.42. The van der Waals surface area contributed by atoms with E-state index in [0.717, 1.165) is 51.4 Å². The number of carbonyl (C=O) groups is 1. The van der Waals surface area contributed by atoms with Crippen molar-refractivity contribution in [2.45, 2.75) is 81.2 Å². The van der Waals surface area contributed by atoms with Crippen LogP contribution in [-0.4, -0.2) is 45.0 Å². The zero-order chi connectivity index (χ0) is 24.8. The lowest BCUT2D eigenvalue weighted by atomic mass is 9.88. The summed E-state index contributed by atoms with van der Waals surface area (Å²) in [6.45, 7) is -0.291. The molecule has 2 aromatic rings. The summed E-state index contributed by atoms with van der Waals surface area (Å²) in [4.78, 5) is 16.2. The van der Waals surface area contributed by atoms with E-state index in [2.05, 4.69) is 0 Å². The summed E-state index contributed by atoms with van der Waals surface area (Å²) in [5.41, 5.74) is 0.268. The molecule has 0 unspecified atom stereocenters. The first-order valence-corrected chi connectivity index (χ1v) is 14.5. The van der Waals surface area contributed by atoms with Crippen LogP contribution in [0, 0.1) is 0 Å². The Morgan fingerprint density at radius 3 is 2.03 bits per heavy atom. The van der Waals surface area contributed by atoms with Gasteiger partial charge in [0.1, 0.15) is 12.3 Å². The minimum absolute atomic E-state index is 0.122. The van der Waals surface area contributed by atoms with Gasteiger partial charge in [-0.15, -0.1) is 0 Å². The molecular weight excluding hydrogens is 484 g/mol. The van der Waals surface area contributed by atoms with Crippen molar-refractivity contribution in [2.24, 2.45) is 0 Å². The van der Waals surface area contributed by atoms with Gasteiger partial charge in [0, 0.05) is 17.1 Å². The van der Waals surface area contributed by atoms with Gasteiger partial charge in [-0.3, -0.25) is 9.10 Å². The van der Waals surface area contributed by atoms with Crippen molar-refractivity contribution < 1.29 is 17.9 Å². The molecule has 190 valence electrons. The highest BCUT2D eigenvalue weighted by Gasteiger charge is 2.36. The first-order valence-electron chi connectivity index (χ1n) is 12.6. The third-order valence-corrected chi connectivity index (χ3v) is 9.25. The normalized spacial score (nSPS) is 17.7. The van der Waals surface area contributed by atoms with Crippen molar-refractivity contribution in [3.05, 3.63) is 53.6 Å². The summed E-state index contributed by atoms with van der Waals surface area (Å²) < 4.78 is 34.4. The van der Waals surface area contributed by atoms with Crippen LogP contribution >= 0.6 is 11.6 Å². The largest absolute Gasteiger partial charge is 0.495 e. The Hall–Kier alpha value is -2.25. The zero-order valence-electron chi connectivity index (χ0n) is 20.4. The number of sulfonamides is 1. The Morgan fingerprint density at radius 2 is 1.49 bits per heavy atom. The van der Waals surface area contributed by atoms with Crippen LogP contribution in [0.5, 0.6) is 5.75 Å². The first kappa shape index (κ1) is 25.8. The number of benzene rings is 2. The van der Waals surface area contributed by atoms with E-state index in [9.17, 15) is 13.2 Å². The van der Waals surface area contributed by atoms with E-state index in [0.29, 0.717) is 10.8 Å². The van der Waals surface area contributed by atoms with E-state index in [4.69, 9.17) is 16.3 Å². The van der Waals surface area contributed by atoms with Crippen molar-refractivity contribution in [3.63, 3.8) is 0 Å². The molecule has 2 aliphatic rings. The van der Waals surface area contributed by atoms with Crippen LogP contribution in [0.2, 0.25) is 5.02 Å². The van der Waals surface area contributed by atoms with Crippen LogP contribution < -0.4 is 9.04 Å². The van der Waals surface area contributed by atoms with Crippen LogP contribution in [-0.2, 0) is 14.8 Å². The number of nitrogens with zero attached hydrogens (tertiary/aromatic N) is 2. The van der Waals surface area contributed by atoms with Gasteiger partial charge in [0.15, 0.2) is 0 Å². The van der Waals surface area contributed by atoms with Crippen LogP contribution in [0.25, 0.3) is 0 Å². The SMILES string of the molecule is COc1ccc(Cl)cc1N(CC(=O)N(C1CCCCC1)C1CCCCC1)S(=O)(=O)c1ccccc1. The molecule has 2 fully saturated rings. The number of amides is 1. The second-order valence-electron chi connectivity index (χ2n) is 9.53. The molecule has 35 heavy (non-hydrogen) atoms. The second-order valence-corrected chi connectivity index (χ2v) is 11.8. The van der Waals surface area contributed by atoms with Crippen molar-refractivity contribution in [1.29, 1.82) is 0 Å². The summed E-state index contributed by atoms with van der Waals surface area (Å²) in [5, 5.41) is 0.373.